The van der Waals surface area contributed by atoms with Crippen LogP contribution >= 0.6 is 0 Å². The van der Waals surface area contributed by atoms with E-state index in [0.29, 0.717) is 30.8 Å². The van der Waals surface area contributed by atoms with Crippen LogP contribution in [0.1, 0.15) is 44.9 Å². The Morgan fingerprint density at radius 2 is 1.96 bits per heavy atom. The number of nitrogens with one attached hydrogen (secondary N) is 3. The van der Waals surface area contributed by atoms with Gasteiger partial charge in [-0.1, -0.05) is 31.4 Å². The van der Waals surface area contributed by atoms with Crippen molar-refractivity contribution in [1.82, 2.24) is 10.6 Å². The third-order valence-corrected chi connectivity index (χ3v) is 5.36. The van der Waals surface area contributed by atoms with Crippen molar-refractivity contribution < 1.29 is 19.1 Å². The standard InChI is InChI=1S/C20H29N3O4/c1-26-17-10-4-3-9-16(17)22-19(25)23-20(11-5-2-6-12-20)18(24)21-14-15-8-7-13-27-15/h3-4,9-10,15H,2,5-8,11-14H2,1H3,(H,21,24)(H2,22,23,25)/t15-/m1/s1. The average molecular weight is 375 g/mol. The molecule has 0 aromatic heterocycles. The van der Waals surface area contributed by atoms with Gasteiger partial charge in [0.1, 0.15) is 11.3 Å². The summed E-state index contributed by atoms with van der Waals surface area (Å²) in [5.74, 6) is 0.459. The Kier molecular flexibility index (Phi) is 6.55. The minimum absolute atomic E-state index is 0.0806. The highest BCUT2D eigenvalue weighted by Crippen LogP contribution is 2.29. The maximum absolute atomic E-state index is 13.0. The lowest BCUT2D eigenvalue weighted by Gasteiger charge is -2.36. The summed E-state index contributed by atoms with van der Waals surface area (Å²) in [6.45, 7) is 1.25. The highest BCUT2D eigenvalue weighted by molar-refractivity contribution is 5.96. The van der Waals surface area contributed by atoms with E-state index in [9.17, 15) is 9.59 Å². The first-order chi connectivity index (χ1) is 13.1. The second-order valence-corrected chi connectivity index (χ2v) is 7.27. The summed E-state index contributed by atoms with van der Waals surface area (Å²) in [5.41, 5.74) is -0.300. The summed E-state index contributed by atoms with van der Waals surface area (Å²) in [7, 11) is 1.56. The monoisotopic (exact) mass is 375 g/mol. The number of urea groups is 1. The van der Waals surface area contributed by atoms with Gasteiger partial charge in [-0.05, 0) is 37.8 Å². The van der Waals surface area contributed by atoms with Crippen LogP contribution in [0.2, 0.25) is 0 Å². The Morgan fingerprint density at radius 1 is 1.19 bits per heavy atom. The lowest BCUT2D eigenvalue weighted by Crippen LogP contribution is -2.61. The average Bonchev–Trinajstić information content (AvgIpc) is 3.20. The molecule has 1 saturated carbocycles. The molecule has 0 unspecified atom stereocenters. The minimum atomic E-state index is -0.872. The SMILES string of the molecule is COc1ccccc1NC(=O)NC1(C(=O)NC[C@H]2CCCO2)CCCCC1. The summed E-state index contributed by atoms with van der Waals surface area (Å²) in [5, 5.41) is 8.75. The van der Waals surface area contributed by atoms with Crippen LogP contribution in [0.4, 0.5) is 10.5 Å². The van der Waals surface area contributed by atoms with Crippen molar-refractivity contribution in [3.05, 3.63) is 24.3 Å². The second kappa shape index (κ2) is 9.08. The summed E-state index contributed by atoms with van der Waals surface area (Å²) in [6, 6.07) is 6.81. The zero-order chi connectivity index (χ0) is 19.1. The first-order valence-corrected chi connectivity index (χ1v) is 9.75. The number of rotatable bonds is 6. The van der Waals surface area contributed by atoms with E-state index >= 15 is 0 Å². The summed E-state index contributed by atoms with van der Waals surface area (Å²) >= 11 is 0. The predicted molar refractivity (Wildman–Crippen MR) is 103 cm³/mol. The number of benzene rings is 1. The Hall–Kier alpha value is -2.28. The fourth-order valence-electron chi connectivity index (χ4n) is 3.86. The van der Waals surface area contributed by atoms with E-state index in [-0.39, 0.29) is 12.0 Å². The van der Waals surface area contributed by atoms with Crippen molar-refractivity contribution in [3.8, 4) is 5.75 Å². The molecule has 3 amide bonds. The molecular weight excluding hydrogens is 346 g/mol. The molecule has 27 heavy (non-hydrogen) atoms. The molecule has 1 heterocycles. The van der Waals surface area contributed by atoms with Crippen molar-refractivity contribution >= 4 is 17.6 Å². The van der Waals surface area contributed by atoms with Gasteiger partial charge in [0.05, 0.1) is 18.9 Å². The molecule has 3 N–H and O–H groups in total. The van der Waals surface area contributed by atoms with Crippen molar-refractivity contribution in [2.24, 2.45) is 0 Å². The van der Waals surface area contributed by atoms with Crippen molar-refractivity contribution in [2.45, 2.75) is 56.6 Å². The van der Waals surface area contributed by atoms with Crippen LogP contribution in [0.3, 0.4) is 0 Å². The lowest BCUT2D eigenvalue weighted by molar-refractivity contribution is -0.129. The smallest absolute Gasteiger partial charge is 0.320 e. The van der Waals surface area contributed by atoms with E-state index in [1.54, 1.807) is 19.2 Å². The van der Waals surface area contributed by atoms with Crippen LogP contribution in [0.15, 0.2) is 24.3 Å². The maximum Gasteiger partial charge on any atom is 0.320 e. The minimum Gasteiger partial charge on any atom is -0.495 e. The largest absolute Gasteiger partial charge is 0.495 e. The number of carbonyl (C=O) groups excluding carboxylic acids is 2. The predicted octanol–water partition coefficient (Wildman–Crippen LogP) is 2.81. The molecule has 1 aromatic rings. The van der Waals surface area contributed by atoms with Gasteiger partial charge < -0.3 is 25.4 Å². The normalized spacial score (nSPS) is 21.3. The molecule has 1 aromatic carbocycles. The molecule has 3 rings (SSSR count). The van der Waals surface area contributed by atoms with E-state index in [4.69, 9.17) is 9.47 Å². The summed E-state index contributed by atoms with van der Waals surface area (Å²) < 4.78 is 10.8. The molecule has 0 bridgehead atoms. The zero-order valence-corrected chi connectivity index (χ0v) is 15.9. The topological polar surface area (TPSA) is 88.7 Å². The van der Waals surface area contributed by atoms with Gasteiger partial charge in [0.15, 0.2) is 0 Å². The first-order valence-electron chi connectivity index (χ1n) is 9.75. The number of methoxy groups -OCH3 is 1. The third-order valence-electron chi connectivity index (χ3n) is 5.36. The van der Waals surface area contributed by atoms with Gasteiger partial charge in [-0.2, -0.15) is 0 Å². The molecule has 7 nitrogen and oxygen atoms in total. The van der Waals surface area contributed by atoms with Crippen molar-refractivity contribution in [3.63, 3.8) is 0 Å². The molecule has 1 aliphatic heterocycles. The van der Waals surface area contributed by atoms with Gasteiger partial charge in [0, 0.05) is 13.2 Å². The van der Waals surface area contributed by atoms with Crippen LogP contribution in [0.5, 0.6) is 5.75 Å². The Labute approximate surface area is 160 Å². The number of para-hydroxylation sites is 2. The van der Waals surface area contributed by atoms with Gasteiger partial charge in [0.25, 0.3) is 0 Å². The molecule has 148 valence electrons. The summed E-state index contributed by atoms with van der Waals surface area (Å²) in [6.07, 6.45) is 6.28. The van der Waals surface area contributed by atoms with Crippen molar-refractivity contribution in [1.29, 1.82) is 0 Å². The molecular formula is C20H29N3O4. The van der Waals surface area contributed by atoms with E-state index in [1.807, 2.05) is 12.1 Å². The van der Waals surface area contributed by atoms with Gasteiger partial charge >= 0.3 is 6.03 Å². The Balaban J connectivity index is 1.64. The number of hydrogen-bond acceptors (Lipinski definition) is 4. The number of amides is 3. The molecule has 7 heteroatoms. The van der Waals surface area contributed by atoms with E-state index < -0.39 is 11.6 Å². The molecule has 0 spiro atoms. The number of carbonyl (C=O) groups is 2. The lowest BCUT2D eigenvalue weighted by atomic mass is 9.81. The molecule has 1 saturated heterocycles. The highest BCUT2D eigenvalue weighted by Gasteiger charge is 2.41. The third kappa shape index (κ3) is 4.91. The Morgan fingerprint density at radius 3 is 2.67 bits per heavy atom. The van der Waals surface area contributed by atoms with Crippen molar-refractivity contribution in [2.75, 3.05) is 25.6 Å². The van der Waals surface area contributed by atoms with E-state index in [2.05, 4.69) is 16.0 Å². The molecule has 2 aliphatic rings. The fourth-order valence-corrected chi connectivity index (χ4v) is 3.86. The van der Waals surface area contributed by atoms with Crippen LogP contribution in [0.25, 0.3) is 0 Å². The van der Waals surface area contributed by atoms with E-state index in [1.165, 1.54) is 0 Å². The van der Waals surface area contributed by atoms with Gasteiger partial charge in [0.2, 0.25) is 5.91 Å². The quantitative estimate of drug-likeness (QED) is 0.713. The first kappa shape index (κ1) is 19.5. The summed E-state index contributed by atoms with van der Waals surface area (Å²) in [4.78, 5) is 25.6. The van der Waals surface area contributed by atoms with Gasteiger partial charge in [-0.3, -0.25) is 4.79 Å². The van der Waals surface area contributed by atoms with Gasteiger partial charge in [-0.25, -0.2) is 4.79 Å². The second-order valence-electron chi connectivity index (χ2n) is 7.27. The van der Waals surface area contributed by atoms with Gasteiger partial charge in [-0.15, -0.1) is 0 Å². The highest BCUT2D eigenvalue weighted by atomic mass is 16.5. The Bertz CT molecular complexity index is 652. The van der Waals surface area contributed by atoms with Crippen LogP contribution in [0, 0.1) is 0 Å². The molecule has 2 fully saturated rings. The zero-order valence-electron chi connectivity index (χ0n) is 15.9. The number of hydrogen-bond donors (Lipinski definition) is 3. The van der Waals surface area contributed by atoms with Crippen LogP contribution in [-0.4, -0.2) is 43.8 Å². The molecule has 1 atom stereocenters. The molecule has 1 aliphatic carbocycles. The van der Waals surface area contributed by atoms with E-state index in [0.717, 1.165) is 38.7 Å². The number of ether oxygens (including phenoxy) is 2. The van der Waals surface area contributed by atoms with Crippen LogP contribution < -0.4 is 20.7 Å². The fraction of sp³-hybridized carbons (Fsp3) is 0.600. The molecule has 0 radical (unpaired) electrons. The van der Waals surface area contributed by atoms with Crippen LogP contribution in [-0.2, 0) is 9.53 Å². The maximum atomic E-state index is 13.0. The number of anilines is 1.